The van der Waals surface area contributed by atoms with Gasteiger partial charge in [0.15, 0.2) is 0 Å². The van der Waals surface area contributed by atoms with Crippen molar-refractivity contribution in [2.45, 2.75) is 38.8 Å². The van der Waals surface area contributed by atoms with E-state index in [1.807, 2.05) is 13.8 Å². The molecule has 0 bridgehead atoms. The quantitative estimate of drug-likeness (QED) is 0.893. The molecule has 0 aliphatic carbocycles. The maximum Gasteiger partial charge on any atom is 0.134 e. The molecule has 5 heteroatoms. The lowest BCUT2D eigenvalue weighted by Gasteiger charge is -2.39. The average molecular weight is 318 g/mol. The Labute approximate surface area is 130 Å². The molecule has 1 atom stereocenters. The number of hydrogen-bond acceptors (Lipinski definition) is 3. The summed E-state index contributed by atoms with van der Waals surface area (Å²) in [7, 11) is 0. The first-order valence-electron chi connectivity index (χ1n) is 6.89. The van der Waals surface area contributed by atoms with Crippen LogP contribution >= 0.6 is 23.2 Å². The smallest absolute Gasteiger partial charge is 0.134 e. The first-order valence-corrected chi connectivity index (χ1v) is 7.65. The lowest BCUT2D eigenvalue weighted by Crippen LogP contribution is -2.44. The second-order valence-corrected chi connectivity index (χ2v) is 6.87. The molecule has 3 nitrogen and oxygen atoms in total. The molecular formula is C15H21Cl2NO2. The fraction of sp³-hybridized carbons (Fsp3) is 0.600. The summed E-state index contributed by atoms with van der Waals surface area (Å²) < 4.78 is 0. The van der Waals surface area contributed by atoms with E-state index < -0.39 is 5.60 Å². The van der Waals surface area contributed by atoms with E-state index in [0.29, 0.717) is 16.6 Å². The minimum atomic E-state index is -0.676. The van der Waals surface area contributed by atoms with Crippen molar-refractivity contribution in [2.24, 2.45) is 5.92 Å². The van der Waals surface area contributed by atoms with Crippen LogP contribution in [0, 0.1) is 5.92 Å². The predicted molar refractivity (Wildman–Crippen MR) is 82.4 cm³/mol. The first kappa shape index (κ1) is 15.9. The van der Waals surface area contributed by atoms with Crippen LogP contribution in [0.3, 0.4) is 0 Å². The van der Waals surface area contributed by atoms with Crippen molar-refractivity contribution in [1.29, 1.82) is 0 Å². The van der Waals surface area contributed by atoms with Gasteiger partial charge in [0.25, 0.3) is 0 Å². The van der Waals surface area contributed by atoms with Gasteiger partial charge in [0.1, 0.15) is 5.75 Å². The molecule has 0 spiro atoms. The second-order valence-electron chi connectivity index (χ2n) is 6.09. The Hall–Kier alpha value is -0.480. The van der Waals surface area contributed by atoms with E-state index in [9.17, 15) is 10.2 Å². The molecule has 0 saturated carbocycles. The maximum atomic E-state index is 10.2. The highest BCUT2D eigenvalue weighted by atomic mass is 35.5. The summed E-state index contributed by atoms with van der Waals surface area (Å²) in [5, 5.41) is 20.7. The standard InChI is InChI=1S/C15H21Cl2NO2/c1-15(2,20)10-4-3-7-18(8-10)9-11-12(16)5-6-13(19)14(11)17/h5-6,10,19-20H,3-4,7-9H2,1-2H3/t10-/m1/s1. The molecule has 2 rings (SSSR count). The summed E-state index contributed by atoms with van der Waals surface area (Å²) in [4.78, 5) is 2.23. The van der Waals surface area contributed by atoms with Crippen molar-refractivity contribution in [3.8, 4) is 5.75 Å². The fourth-order valence-corrected chi connectivity index (χ4v) is 3.22. The van der Waals surface area contributed by atoms with Gasteiger partial charge in [-0.1, -0.05) is 23.2 Å². The van der Waals surface area contributed by atoms with Gasteiger partial charge in [-0.25, -0.2) is 0 Å². The molecule has 0 amide bonds. The number of nitrogens with zero attached hydrogens (tertiary/aromatic N) is 1. The molecule has 20 heavy (non-hydrogen) atoms. The third-order valence-electron chi connectivity index (χ3n) is 4.05. The Morgan fingerprint density at radius 3 is 2.70 bits per heavy atom. The number of rotatable bonds is 3. The monoisotopic (exact) mass is 317 g/mol. The van der Waals surface area contributed by atoms with Gasteiger partial charge in [-0.15, -0.1) is 0 Å². The number of piperidine rings is 1. The molecule has 1 saturated heterocycles. The van der Waals surface area contributed by atoms with Gasteiger partial charge in [0.2, 0.25) is 0 Å². The molecule has 1 fully saturated rings. The van der Waals surface area contributed by atoms with E-state index in [4.69, 9.17) is 23.2 Å². The van der Waals surface area contributed by atoms with Crippen molar-refractivity contribution in [2.75, 3.05) is 13.1 Å². The van der Waals surface area contributed by atoms with Gasteiger partial charge in [0.05, 0.1) is 10.6 Å². The van der Waals surface area contributed by atoms with Crippen LogP contribution < -0.4 is 0 Å². The van der Waals surface area contributed by atoms with Crippen LogP contribution in [0.25, 0.3) is 0 Å². The highest BCUT2D eigenvalue weighted by molar-refractivity contribution is 6.36. The number of aliphatic hydroxyl groups is 1. The van der Waals surface area contributed by atoms with Gasteiger partial charge in [0, 0.05) is 23.7 Å². The van der Waals surface area contributed by atoms with E-state index in [1.54, 1.807) is 6.07 Å². The van der Waals surface area contributed by atoms with E-state index in [0.717, 1.165) is 31.5 Å². The molecule has 1 aliphatic heterocycles. The molecule has 1 aliphatic rings. The molecule has 2 N–H and O–H groups in total. The van der Waals surface area contributed by atoms with Crippen molar-refractivity contribution in [3.63, 3.8) is 0 Å². The number of halogens is 2. The van der Waals surface area contributed by atoms with Crippen LogP contribution in [-0.2, 0) is 6.54 Å². The molecule has 0 unspecified atom stereocenters. The van der Waals surface area contributed by atoms with Gasteiger partial charge >= 0.3 is 0 Å². The van der Waals surface area contributed by atoms with Gasteiger partial charge in [-0.2, -0.15) is 0 Å². The molecular weight excluding hydrogens is 297 g/mol. The minimum absolute atomic E-state index is 0.0575. The summed E-state index contributed by atoms with van der Waals surface area (Å²) in [6, 6.07) is 3.17. The zero-order valence-corrected chi connectivity index (χ0v) is 13.4. The van der Waals surface area contributed by atoms with Crippen molar-refractivity contribution in [3.05, 3.63) is 27.7 Å². The number of phenolic OH excluding ortho intramolecular Hbond substituents is 1. The first-order chi connectivity index (χ1) is 9.29. The molecule has 1 aromatic rings. The zero-order chi connectivity index (χ0) is 14.9. The van der Waals surface area contributed by atoms with E-state index >= 15 is 0 Å². The lowest BCUT2D eigenvalue weighted by molar-refractivity contribution is -0.0198. The summed E-state index contributed by atoms with van der Waals surface area (Å²) in [5.41, 5.74) is 0.0789. The van der Waals surface area contributed by atoms with Crippen LogP contribution in [0.5, 0.6) is 5.75 Å². The van der Waals surface area contributed by atoms with Crippen molar-refractivity contribution < 1.29 is 10.2 Å². The summed E-state index contributed by atoms with van der Waals surface area (Å²) in [6.07, 6.45) is 2.07. The SMILES string of the molecule is CC(C)(O)[C@@H]1CCCN(Cc2c(Cl)ccc(O)c2Cl)C1. The second kappa shape index (κ2) is 6.10. The summed E-state index contributed by atoms with van der Waals surface area (Å²) in [6.45, 7) is 6.07. The Bertz CT molecular complexity index is 485. The summed E-state index contributed by atoms with van der Waals surface area (Å²) in [5.74, 6) is 0.299. The number of likely N-dealkylation sites (tertiary alicyclic amines) is 1. The van der Waals surface area contributed by atoms with Crippen LogP contribution in [0.2, 0.25) is 10.0 Å². The number of aromatic hydroxyl groups is 1. The van der Waals surface area contributed by atoms with Gasteiger partial charge in [-0.05, 0) is 51.3 Å². The molecule has 0 radical (unpaired) electrons. The summed E-state index contributed by atoms with van der Waals surface area (Å²) >= 11 is 12.3. The molecule has 0 aromatic heterocycles. The molecule has 1 aromatic carbocycles. The van der Waals surface area contributed by atoms with Crippen LogP contribution in [-0.4, -0.2) is 33.8 Å². The molecule has 112 valence electrons. The highest BCUT2D eigenvalue weighted by Crippen LogP contribution is 2.35. The number of phenols is 1. The van der Waals surface area contributed by atoms with Crippen LogP contribution in [0.1, 0.15) is 32.3 Å². The maximum absolute atomic E-state index is 10.2. The van der Waals surface area contributed by atoms with E-state index in [1.165, 1.54) is 6.07 Å². The minimum Gasteiger partial charge on any atom is -0.506 e. The Morgan fingerprint density at radius 1 is 1.35 bits per heavy atom. The van der Waals surface area contributed by atoms with E-state index in [-0.39, 0.29) is 11.7 Å². The Morgan fingerprint density at radius 2 is 2.05 bits per heavy atom. The number of benzene rings is 1. The van der Waals surface area contributed by atoms with Crippen LogP contribution in [0.4, 0.5) is 0 Å². The zero-order valence-electron chi connectivity index (χ0n) is 11.9. The van der Waals surface area contributed by atoms with Gasteiger partial charge < -0.3 is 10.2 Å². The fourth-order valence-electron chi connectivity index (χ4n) is 2.73. The number of hydrogen-bond donors (Lipinski definition) is 2. The predicted octanol–water partition coefficient (Wildman–Crippen LogP) is 3.68. The Kier molecular flexibility index (Phi) is 4.85. The average Bonchev–Trinajstić information content (AvgIpc) is 2.39. The Balaban J connectivity index is 2.13. The molecule has 1 heterocycles. The topological polar surface area (TPSA) is 43.7 Å². The van der Waals surface area contributed by atoms with E-state index in [2.05, 4.69) is 4.90 Å². The normalized spacial score (nSPS) is 21.1. The van der Waals surface area contributed by atoms with Crippen LogP contribution in [0.15, 0.2) is 12.1 Å². The van der Waals surface area contributed by atoms with Crippen molar-refractivity contribution >= 4 is 23.2 Å². The third-order valence-corrected chi connectivity index (χ3v) is 4.83. The lowest BCUT2D eigenvalue weighted by atomic mass is 9.84. The third kappa shape index (κ3) is 3.59. The highest BCUT2D eigenvalue weighted by Gasteiger charge is 2.31. The van der Waals surface area contributed by atoms with Crippen molar-refractivity contribution in [1.82, 2.24) is 4.90 Å². The van der Waals surface area contributed by atoms with Gasteiger partial charge in [-0.3, -0.25) is 4.90 Å². The largest absolute Gasteiger partial charge is 0.506 e.